The third-order valence-corrected chi connectivity index (χ3v) is 3.03. The van der Waals surface area contributed by atoms with Crippen molar-refractivity contribution in [3.05, 3.63) is 4.91 Å². The molecule has 0 aromatic rings. The summed E-state index contributed by atoms with van der Waals surface area (Å²) in [5.74, 6) is 0.810. The van der Waals surface area contributed by atoms with Crippen LogP contribution in [0.3, 0.4) is 0 Å². The van der Waals surface area contributed by atoms with Crippen LogP contribution in [0.15, 0.2) is 0 Å². The van der Waals surface area contributed by atoms with Crippen LogP contribution in [0.2, 0.25) is 0 Å². The molecule has 0 aromatic carbocycles. The van der Waals surface area contributed by atoms with Gasteiger partial charge in [0, 0.05) is 0 Å². The molecule has 0 aliphatic carbocycles. The van der Waals surface area contributed by atoms with E-state index in [1.165, 1.54) is 25.7 Å². The molecule has 0 aromatic heterocycles. The second kappa shape index (κ2) is 11.3. The Kier molecular flexibility index (Phi) is 10.8. The monoisotopic (exact) mass is 260 g/mol. The van der Waals surface area contributed by atoms with Gasteiger partial charge in [-0.25, -0.2) is 0 Å². The van der Waals surface area contributed by atoms with E-state index in [0.29, 0.717) is 25.0 Å². The van der Waals surface area contributed by atoms with Crippen molar-refractivity contribution in [2.24, 2.45) is 11.8 Å². The summed E-state index contributed by atoms with van der Waals surface area (Å²) in [4.78, 5) is 21.3. The average molecular weight is 260 g/mol. The molecule has 0 N–H and O–H groups in total. The lowest BCUT2D eigenvalue weighted by Gasteiger charge is -2.07. The maximum atomic E-state index is 11.3. The smallest absolute Gasteiger partial charge is 0.186 e. The fourth-order valence-corrected chi connectivity index (χ4v) is 1.69. The maximum absolute atomic E-state index is 11.3. The first-order valence-corrected chi connectivity index (χ1v) is 7.33. The Hall–Kier alpha value is -0.800. The van der Waals surface area contributed by atoms with E-state index in [1.54, 1.807) is 0 Å². The fraction of sp³-hybridized carbons (Fsp3) is 1.00. The van der Waals surface area contributed by atoms with Crippen molar-refractivity contribution >= 4 is 0 Å². The summed E-state index contributed by atoms with van der Waals surface area (Å²) in [7, 11) is 0. The van der Waals surface area contributed by atoms with Crippen LogP contribution in [-0.4, -0.2) is 18.3 Å². The van der Waals surface area contributed by atoms with Crippen molar-refractivity contribution in [2.75, 3.05) is 13.2 Å². The number of unbranched alkanes of at least 4 members (excludes halogenated alkanes) is 2. The van der Waals surface area contributed by atoms with Gasteiger partial charge in [-0.15, -0.1) is 0 Å². The van der Waals surface area contributed by atoms with Crippen LogP contribution < -0.4 is 0 Å². The molecule has 0 aliphatic heterocycles. The van der Waals surface area contributed by atoms with E-state index < -0.39 is 0 Å². The molecule has 0 amide bonds. The summed E-state index contributed by atoms with van der Waals surface area (Å²) < 4.78 is 0. The van der Waals surface area contributed by atoms with Crippen molar-refractivity contribution in [3.8, 4) is 0 Å². The molecule has 0 radical (unpaired) electrons. The fourth-order valence-electron chi connectivity index (χ4n) is 1.69. The van der Waals surface area contributed by atoms with Crippen molar-refractivity contribution in [2.45, 2.75) is 66.2 Å². The highest BCUT2D eigenvalue weighted by Gasteiger charge is 2.17. The molecule has 0 spiro atoms. The van der Waals surface area contributed by atoms with Gasteiger partial charge in [0.1, 0.15) is 4.91 Å². The quantitative estimate of drug-likeness (QED) is 0.491. The van der Waals surface area contributed by atoms with E-state index in [1.807, 2.05) is 0 Å². The summed E-state index contributed by atoms with van der Waals surface area (Å²) >= 11 is 0. The molecule has 0 aliphatic rings. The van der Waals surface area contributed by atoms with E-state index in [4.69, 9.17) is 9.68 Å². The maximum Gasteiger partial charge on any atom is 0.477 e. The zero-order valence-electron chi connectivity index (χ0n) is 12.5. The summed E-state index contributed by atoms with van der Waals surface area (Å²) in [5.41, 5.74) is 0. The van der Waals surface area contributed by atoms with E-state index in [0.717, 1.165) is 12.8 Å². The number of rotatable bonds is 12. The molecule has 2 atom stereocenters. The number of hydrogen-bond acceptors (Lipinski definition) is 3. The van der Waals surface area contributed by atoms with E-state index in [-0.39, 0.29) is 5.09 Å². The lowest BCUT2D eigenvalue weighted by atomic mass is 10.1. The minimum Gasteiger partial charge on any atom is -0.186 e. The first-order chi connectivity index (χ1) is 8.60. The second-order valence-corrected chi connectivity index (χ2v) is 5.31. The second-order valence-electron chi connectivity index (χ2n) is 5.31. The predicted octanol–water partition coefficient (Wildman–Crippen LogP) is 4.28. The molecule has 2 unspecified atom stereocenters. The van der Waals surface area contributed by atoms with Gasteiger partial charge < -0.3 is 0 Å². The van der Waals surface area contributed by atoms with E-state index >= 15 is 0 Å². The molecule has 0 saturated carbocycles. The van der Waals surface area contributed by atoms with Crippen LogP contribution in [0, 0.1) is 16.7 Å². The summed E-state index contributed by atoms with van der Waals surface area (Å²) in [5, 5.41) is 0.283. The van der Waals surface area contributed by atoms with Crippen LogP contribution in [0.5, 0.6) is 0 Å². The molecule has 0 rings (SSSR count). The molecule has 0 saturated heterocycles. The molecule has 0 heterocycles. The first kappa shape index (κ1) is 17.2. The highest BCUT2D eigenvalue weighted by atomic mass is 17.0. The Labute approximate surface area is 112 Å². The Morgan fingerprint density at radius 1 is 0.889 bits per heavy atom. The van der Waals surface area contributed by atoms with Gasteiger partial charge in [-0.2, -0.15) is 9.68 Å². The normalized spacial score (nSPS) is 14.0. The summed E-state index contributed by atoms with van der Waals surface area (Å²) in [6.45, 7) is 9.38. The zero-order valence-corrected chi connectivity index (χ0v) is 12.5. The Bertz CT molecular complexity index is 189. The highest BCUT2D eigenvalue weighted by molar-refractivity contribution is 4.50. The molecule has 18 heavy (non-hydrogen) atoms. The third-order valence-electron chi connectivity index (χ3n) is 3.03. The van der Waals surface area contributed by atoms with Crippen LogP contribution in [0.1, 0.15) is 66.2 Å². The molecular weight excluding hydrogens is 230 g/mol. The van der Waals surface area contributed by atoms with Crippen LogP contribution >= 0.6 is 0 Å². The van der Waals surface area contributed by atoms with Crippen molar-refractivity contribution < 1.29 is 14.8 Å². The van der Waals surface area contributed by atoms with Gasteiger partial charge in [0.05, 0.1) is 0 Å². The van der Waals surface area contributed by atoms with Gasteiger partial charge in [-0.1, -0.05) is 53.4 Å². The largest absolute Gasteiger partial charge is 0.477 e. The van der Waals surface area contributed by atoms with Crippen LogP contribution in [0.4, 0.5) is 0 Å². The van der Waals surface area contributed by atoms with Crippen LogP contribution in [-0.2, 0) is 9.68 Å². The van der Waals surface area contributed by atoms with Gasteiger partial charge in [0.25, 0.3) is 0 Å². The van der Waals surface area contributed by atoms with Crippen molar-refractivity contribution in [1.29, 1.82) is 0 Å². The lowest BCUT2D eigenvalue weighted by molar-refractivity contribution is -0.982. The lowest BCUT2D eigenvalue weighted by Crippen LogP contribution is -2.18. The Balaban J connectivity index is 3.52. The molecule has 108 valence electrons. The zero-order chi connectivity index (χ0) is 13.8. The van der Waals surface area contributed by atoms with Gasteiger partial charge in [-0.05, 0) is 24.7 Å². The highest BCUT2D eigenvalue weighted by Crippen LogP contribution is 2.09. The van der Waals surface area contributed by atoms with Gasteiger partial charge in [0.2, 0.25) is 0 Å². The summed E-state index contributed by atoms with van der Waals surface area (Å²) in [6.07, 6.45) is 6.90. The molecule has 0 fully saturated rings. The topological polar surface area (TPSA) is 38.5 Å². The Morgan fingerprint density at radius 2 is 1.28 bits per heavy atom. The van der Waals surface area contributed by atoms with Gasteiger partial charge >= 0.3 is 5.09 Å². The summed E-state index contributed by atoms with van der Waals surface area (Å²) in [6, 6.07) is 0. The molecule has 4 heteroatoms. The predicted molar refractivity (Wildman–Crippen MR) is 72.9 cm³/mol. The van der Waals surface area contributed by atoms with Gasteiger partial charge in [-0.3, -0.25) is 0 Å². The van der Waals surface area contributed by atoms with E-state index in [9.17, 15) is 4.91 Å². The Morgan fingerprint density at radius 3 is 1.61 bits per heavy atom. The molecule has 0 bridgehead atoms. The van der Waals surface area contributed by atoms with E-state index in [2.05, 4.69) is 27.7 Å². The SMILES string of the molecule is CCCCC(C)CO[N+](=O)OCC(C)CCCC. The minimum absolute atomic E-state index is 0.283. The van der Waals surface area contributed by atoms with Gasteiger partial charge in [0.15, 0.2) is 13.2 Å². The standard InChI is InChI=1S/C14H30NO3/c1-5-7-9-13(3)11-17-15(16)18-12-14(4)10-8-6-2/h13-14H,5-12H2,1-4H3/q+1. The minimum atomic E-state index is 0.283. The van der Waals surface area contributed by atoms with Crippen molar-refractivity contribution in [3.63, 3.8) is 0 Å². The molecule has 4 nitrogen and oxygen atoms in total. The first-order valence-electron chi connectivity index (χ1n) is 7.33. The molecular formula is C14H30NO3+. The third kappa shape index (κ3) is 10.4. The average Bonchev–Trinajstić information content (AvgIpc) is 2.37. The number of hydrogen-bond donors (Lipinski definition) is 0. The van der Waals surface area contributed by atoms with Crippen LogP contribution in [0.25, 0.3) is 0 Å². The number of nitrogens with zero attached hydrogens (tertiary/aromatic N) is 1. The van der Waals surface area contributed by atoms with Crippen molar-refractivity contribution in [1.82, 2.24) is 0 Å².